The first-order valence-electron chi connectivity index (χ1n) is 21.0. The molecule has 0 saturated carbocycles. The normalized spacial score (nSPS) is 13.6. The zero-order valence-electron chi connectivity index (χ0n) is 35.7. The first-order chi connectivity index (χ1) is 31.7. The van der Waals surface area contributed by atoms with Gasteiger partial charge >= 0.3 is 0 Å². The first-order valence-corrected chi connectivity index (χ1v) is 21.0. The molecular weight excluding hydrogens is 851 g/mol. The molecular formula is C45H45F4N11O5. The van der Waals surface area contributed by atoms with Gasteiger partial charge in [-0.25, -0.2) is 27.5 Å². The fourth-order valence-electron chi connectivity index (χ4n) is 8.29. The Balaban J connectivity index is 0.804. The number of aliphatic hydroxyl groups excluding tert-OH is 1. The largest absolute Gasteiger partial charge is 0.479 e. The Bertz CT molecular complexity index is 2950. The Morgan fingerprint density at radius 1 is 0.723 bits per heavy atom. The van der Waals surface area contributed by atoms with Crippen LogP contribution in [0.15, 0.2) is 61.6 Å². The summed E-state index contributed by atoms with van der Waals surface area (Å²) in [6.45, 7) is 2.78. The molecule has 0 aromatic carbocycles. The van der Waals surface area contributed by atoms with Gasteiger partial charge in [-0.15, -0.1) is 0 Å². The van der Waals surface area contributed by atoms with Crippen LogP contribution >= 0.6 is 0 Å². The molecule has 3 N–H and O–H groups in total. The monoisotopic (exact) mass is 895 g/mol. The van der Waals surface area contributed by atoms with Crippen molar-refractivity contribution >= 4 is 22.1 Å². The fraction of sp³-hybridized carbons (Fsp3) is 0.333. The van der Waals surface area contributed by atoms with Crippen molar-refractivity contribution in [2.24, 2.45) is 0 Å². The van der Waals surface area contributed by atoms with Crippen molar-refractivity contribution in [1.82, 2.24) is 54.4 Å². The van der Waals surface area contributed by atoms with Gasteiger partial charge in [0, 0.05) is 108 Å². The van der Waals surface area contributed by atoms with Crippen LogP contribution in [0, 0.1) is 23.3 Å². The molecule has 0 radical (unpaired) electrons. The summed E-state index contributed by atoms with van der Waals surface area (Å²) >= 11 is 0. The summed E-state index contributed by atoms with van der Waals surface area (Å²) in [6.07, 6.45) is 14.2. The second-order valence-corrected chi connectivity index (χ2v) is 15.7. The van der Waals surface area contributed by atoms with Gasteiger partial charge < -0.3 is 38.9 Å². The summed E-state index contributed by atoms with van der Waals surface area (Å²) in [4.78, 5) is 25.3. The van der Waals surface area contributed by atoms with Gasteiger partial charge in [0.15, 0.2) is 23.3 Å². The number of aliphatic hydroxyl groups is 1. The standard InChI is InChI=1S/C45H45F4N11O5/c1-62-42-36(46)33(37(47)43(55-42)63-2)16-27-21-52-41-32(27)18-28(22-53-41)35-7-11-60(57-35)30-5-9-58(10-6-30)8-4-14-65-45-39(49)34(38(48)44(56-45)64-3)17-26-20-51-40-31(26)15-25(19-50-40)29-23-54-59(24-29)12-13-61/h7,11,15,18-24,30,61H,4-6,8-10,12-14,16-17H2,1-3H3,(H,50,51)(H,52,53). The third kappa shape index (κ3) is 8.65. The predicted octanol–water partition coefficient (Wildman–Crippen LogP) is 6.82. The van der Waals surface area contributed by atoms with Crippen molar-refractivity contribution in [3.63, 3.8) is 0 Å². The van der Waals surface area contributed by atoms with E-state index in [4.69, 9.17) is 24.0 Å². The lowest BCUT2D eigenvalue weighted by Gasteiger charge is -2.32. The topological polar surface area (TPSA) is 179 Å². The Hall–Kier alpha value is -7.06. The van der Waals surface area contributed by atoms with E-state index in [0.717, 1.165) is 42.6 Å². The first kappa shape index (κ1) is 43.2. The van der Waals surface area contributed by atoms with Crippen LogP contribution in [0.5, 0.6) is 23.5 Å². The highest BCUT2D eigenvalue weighted by molar-refractivity contribution is 5.85. The van der Waals surface area contributed by atoms with E-state index >= 15 is 17.6 Å². The van der Waals surface area contributed by atoms with E-state index in [2.05, 4.69) is 39.9 Å². The molecule has 0 amide bonds. The summed E-state index contributed by atoms with van der Waals surface area (Å²) in [7, 11) is 3.78. The van der Waals surface area contributed by atoms with E-state index in [9.17, 15) is 5.11 Å². The number of hydrogen-bond donors (Lipinski definition) is 3. The molecule has 0 spiro atoms. The Labute approximate surface area is 369 Å². The molecule has 16 nitrogen and oxygen atoms in total. The van der Waals surface area contributed by atoms with E-state index in [1.54, 1.807) is 41.9 Å². The highest BCUT2D eigenvalue weighted by Crippen LogP contribution is 2.35. The molecule has 9 rings (SSSR count). The Kier molecular flexibility index (Phi) is 12.3. The second kappa shape index (κ2) is 18.6. The fourth-order valence-corrected chi connectivity index (χ4v) is 8.29. The number of piperidine rings is 1. The molecule has 0 atom stereocenters. The molecule has 20 heteroatoms. The number of halogens is 4. The predicted molar refractivity (Wildman–Crippen MR) is 230 cm³/mol. The summed E-state index contributed by atoms with van der Waals surface area (Å²) < 4.78 is 86.5. The summed E-state index contributed by atoms with van der Waals surface area (Å²) in [5.41, 5.74) is 4.91. The van der Waals surface area contributed by atoms with E-state index in [1.165, 1.54) is 21.3 Å². The number of aromatic nitrogens is 10. The molecule has 1 fully saturated rings. The zero-order valence-corrected chi connectivity index (χ0v) is 35.7. The minimum absolute atomic E-state index is 0.0481. The SMILES string of the molecule is COc1nc(OC)c(F)c(Cc2c[nH]c3ncc(-c4ccn(C5CCN(CCCOc6nc(OC)c(F)c(Cc7c[nH]c8ncc(-c9cnn(CCO)c9)cc78)c6F)CC5)n4)cc23)c1F. The van der Waals surface area contributed by atoms with Gasteiger partial charge in [0.05, 0.1) is 59.0 Å². The van der Waals surface area contributed by atoms with Crippen molar-refractivity contribution < 1.29 is 41.6 Å². The lowest BCUT2D eigenvalue weighted by molar-refractivity contribution is 0.165. The molecule has 0 bridgehead atoms. The minimum atomic E-state index is -0.906. The quantitative estimate of drug-likeness (QED) is 0.0643. The van der Waals surface area contributed by atoms with Crippen molar-refractivity contribution in [2.45, 2.75) is 44.7 Å². The number of nitrogens with one attached hydrogen (secondary N) is 2. The lowest BCUT2D eigenvalue weighted by atomic mass is 10.0. The van der Waals surface area contributed by atoms with Crippen LogP contribution in [0.1, 0.15) is 47.6 Å². The van der Waals surface area contributed by atoms with Crippen LogP contribution in [0.4, 0.5) is 17.6 Å². The molecule has 338 valence electrons. The van der Waals surface area contributed by atoms with Crippen LogP contribution in [0.25, 0.3) is 44.5 Å². The molecule has 1 aliphatic heterocycles. The van der Waals surface area contributed by atoms with Crippen molar-refractivity contribution in [3.05, 3.63) is 107 Å². The van der Waals surface area contributed by atoms with Crippen LogP contribution < -0.4 is 18.9 Å². The number of H-pyrrole nitrogens is 2. The molecule has 9 heterocycles. The van der Waals surface area contributed by atoms with Gasteiger partial charge in [0.2, 0.25) is 0 Å². The molecule has 0 aliphatic carbocycles. The van der Waals surface area contributed by atoms with Gasteiger partial charge in [-0.05, 0) is 48.6 Å². The number of likely N-dealkylation sites (tertiary alicyclic amines) is 1. The maximum atomic E-state index is 16.0. The Morgan fingerprint density at radius 2 is 1.29 bits per heavy atom. The van der Waals surface area contributed by atoms with Crippen LogP contribution in [-0.2, 0) is 19.4 Å². The van der Waals surface area contributed by atoms with Crippen LogP contribution in [0.3, 0.4) is 0 Å². The smallest absolute Gasteiger partial charge is 0.254 e. The van der Waals surface area contributed by atoms with Gasteiger partial charge in [0.1, 0.15) is 11.3 Å². The highest BCUT2D eigenvalue weighted by atomic mass is 19.1. The van der Waals surface area contributed by atoms with Gasteiger partial charge in [-0.1, -0.05) is 0 Å². The lowest BCUT2D eigenvalue weighted by Crippen LogP contribution is -2.36. The summed E-state index contributed by atoms with van der Waals surface area (Å²) in [6, 6.07) is 5.87. The van der Waals surface area contributed by atoms with Crippen LogP contribution in [-0.4, -0.2) is 114 Å². The number of ether oxygens (including phenoxy) is 4. The van der Waals surface area contributed by atoms with Gasteiger partial charge in [-0.2, -0.15) is 20.2 Å². The van der Waals surface area contributed by atoms with E-state index in [-0.39, 0.29) is 66.7 Å². The minimum Gasteiger partial charge on any atom is -0.479 e. The average Bonchev–Trinajstić information content (AvgIpc) is 4.16. The maximum absolute atomic E-state index is 16.0. The number of pyridine rings is 4. The van der Waals surface area contributed by atoms with E-state index < -0.39 is 23.3 Å². The van der Waals surface area contributed by atoms with Gasteiger partial charge in [0.25, 0.3) is 23.5 Å². The molecule has 0 unspecified atom stereocenters. The average molecular weight is 896 g/mol. The number of aromatic amines is 2. The van der Waals surface area contributed by atoms with Gasteiger partial charge in [-0.3, -0.25) is 9.36 Å². The third-order valence-electron chi connectivity index (χ3n) is 11.8. The molecule has 8 aromatic heterocycles. The molecule has 1 aliphatic rings. The number of fused-ring (bicyclic) bond motifs is 2. The number of rotatable bonds is 17. The van der Waals surface area contributed by atoms with Crippen molar-refractivity contribution in [1.29, 1.82) is 0 Å². The van der Waals surface area contributed by atoms with Crippen molar-refractivity contribution in [3.8, 4) is 45.9 Å². The molecule has 8 aromatic rings. The Morgan fingerprint density at radius 3 is 1.89 bits per heavy atom. The van der Waals surface area contributed by atoms with E-state index in [0.29, 0.717) is 58.4 Å². The van der Waals surface area contributed by atoms with Crippen molar-refractivity contribution in [2.75, 3.05) is 54.2 Å². The summed E-state index contributed by atoms with van der Waals surface area (Å²) in [5, 5.41) is 19.8. The number of nitrogens with zero attached hydrogens (tertiary/aromatic N) is 9. The second-order valence-electron chi connectivity index (χ2n) is 15.7. The molecule has 65 heavy (non-hydrogen) atoms. The number of methoxy groups -OCH3 is 3. The highest BCUT2D eigenvalue weighted by Gasteiger charge is 2.26. The summed E-state index contributed by atoms with van der Waals surface area (Å²) in [5.74, 6) is -5.01. The number of hydrogen-bond acceptors (Lipinski definition) is 12. The molecule has 1 saturated heterocycles. The third-order valence-corrected chi connectivity index (χ3v) is 11.8. The zero-order chi connectivity index (χ0) is 45.2. The maximum Gasteiger partial charge on any atom is 0.254 e. The van der Waals surface area contributed by atoms with E-state index in [1.807, 2.05) is 29.1 Å². The van der Waals surface area contributed by atoms with Crippen LogP contribution in [0.2, 0.25) is 0 Å².